The second kappa shape index (κ2) is 30.6. The standard InChI is InChI=1S/2C21H14.2C17H12.3C15H12/c1-13-11-15-7-4-9-17-16-8-2-5-14-6-3-10-18(20(14)16)19(12-13)21(15)17;1-13-11-12-19-17-9-3-6-14-5-2-8-16(20(14)17)18-10-4-7-15(13)21(18)19;1-11-9-14-7-5-12-3-2-4-13-6-8-15(10-11)17(14)16(12)13;1-11-5-6-14-8-7-12-3-2-4-13-9-10-15(11)17(14)16(12)13;1-11-14-8-4-2-6-12(14)10-13-7-3-5-9-15(11)13;1-11-10-12-6-2-3-8-14(12)15-9-5-4-7-13(11)15;1-11-6-7-14-9-12-4-2-3-5-13(12)10-15(14)8-11/h2*2-12H,1H3;2*2-10H,1H3;3*2-10H,1H3. The summed E-state index contributed by atoms with van der Waals surface area (Å²) >= 11 is 0. The van der Waals surface area contributed by atoms with Gasteiger partial charge in [0.05, 0.1) is 0 Å². The molecular formula is C121H88. The molecule has 0 unspecified atom stereocenters. The van der Waals surface area contributed by atoms with Crippen LogP contribution < -0.4 is 0 Å². The molecule has 0 heteroatoms. The number of rotatable bonds is 0. The molecule has 0 bridgehead atoms. The maximum Gasteiger partial charge on any atom is -0.00237 e. The summed E-state index contributed by atoms with van der Waals surface area (Å²) in [6, 6.07) is 147. The molecule has 121 heavy (non-hydrogen) atoms. The number of hydrogen-bond acceptors (Lipinski definition) is 0. The third-order valence-electron chi connectivity index (χ3n) is 25.6. The SMILES string of the molecule is Cc1c2ccccc2cc2ccccc12.Cc1cc2ccc3cccc4ccc(c1)c2c34.Cc1cc2cccc3c4cccc5cccc(c(c1)c23)c54.Cc1cc2ccccc2c2ccccc12.Cc1ccc2c3cccc4cccc(c5cccc1c52)c43.Cc1ccc2cc3ccccc3cc2c1.Cc1ccc2ccc3cccc4ccc1c2c34. The van der Waals surface area contributed by atoms with Crippen LogP contribution in [0.1, 0.15) is 38.9 Å². The van der Waals surface area contributed by atoms with Gasteiger partial charge in [-0.05, 0) is 315 Å². The largest absolute Gasteiger partial charge is 0.0616 e. The Balaban J connectivity index is 0.0000000875. The molecule has 0 heterocycles. The van der Waals surface area contributed by atoms with Gasteiger partial charge in [0.15, 0.2) is 0 Å². The van der Waals surface area contributed by atoms with Crippen molar-refractivity contribution >= 4 is 215 Å². The molecule has 572 valence electrons. The molecule has 0 spiro atoms. The Bertz CT molecular complexity index is 8470. The van der Waals surface area contributed by atoms with Gasteiger partial charge in [0, 0.05) is 0 Å². The molecular weight excluding hydrogens is 1450 g/mol. The molecule has 0 atom stereocenters. The van der Waals surface area contributed by atoms with Gasteiger partial charge in [-0.1, -0.05) is 394 Å². The second-order valence-electron chi connectivity index (χ2n) is 33.3. The molecule has 0 amide bonds. The minimum atomic E-state index is 1.31. The maximum atomic E-state index is 2.33. The lowest BCUT2D eigenvalue weighted by Gasteiger charge is -2.15. The van der Waals surface area contributed by atoms with Crippen LogP contribution in [0.15, 0.2) is 406 Å². The summed E-state index contributed by atoms with van der Waals surface area (Å²) in [4.78, 5) is 0. The zero-order chi connectivity index (χ0) is 81.5. The summed E-state index contributed by atoms with van der Waals surface area (Å²) in [5.41, 5.74) is 9.41. The highest BCUT2D eigenvalue weighted by Gasteiger charge is 2.17. The van der Waals surface area contributed by atoms with Crippen LogP contribution in [0.4, 0.5) is 0 Å². The van der Waals surface area contributed by atoms with Gasteiger partial charge in [-0.25, -0.2) is 0 Å². The summed E-state index contributed by atoms with van der Waals surface area (Å²) < 4.78 is 0. The fourth-order valence-electron chi connectivity index (χ4n) is 19.9. The Morgan fingerprint density at radius 2 is 0.380 bits per heavy atom. The van der Waals surface area contributed by atoms with Crippen molar-refractivity contribution in [3.05, 3.63) is 445 Å². The molecule has 0 aliphatic heterocycles. The molecule has 0 radical (unpaired) electrons. The fourth-order valence-corrected chi connectivity index (χ4v) is 19.9. The van der Waals surface area contributed by atoms with Crippen molar-refractivity contribution in [2.75, 3.05) is 0 Å². The van der Waals surface area contributed by atoms with Crippen LogP contribution in [0.5, 0.6) is 0 Å². The first-order chi connectivity index (χ1) is 59.4. The predicted molar refractivity (Wildman–Crippen MR) is 533 cm³/mol. The predicted octanol–water partition coefficient (Wildman–Crippen LogP) is 34.8. The lowest BCUT2D eigenvalue weighted by Crippen LogP contribution is -1.87. The van der Waals surface area contributed by atoms with Crippen LogP contribution >= 0.6 is 0 Å². The minimum absolute atomic E-state index is 1.31. The van der Waals surface area contributed by atoms with Crippen molar-refractivity contribution < 1.29 is 0 Å². The Morgan fingerprint density at radius 1 is 0.107 bits per heavy atom. The van der Waals surface area contributed by atoms with Crippen molar-refractivity contribution in [3.8, 4) is 0 Å². The van der Waals surface area contributed by atoms with Crippen molar-refractivity contribution in [3.63, 3.8) is 0 Å². The van der Waals surface area contributed by atoms with Crippen LogP contribution in [0, 0.1) is 48.5 Å². The Kier molecular flexibility index (Phi) is 18.7. The van der Waals surface area contributed by atoms with E-state index in [0.29, 0.717) is 0 Å². The van der Waals surface area contributed by atoms with Gasteiger partial charge in [0.1, 0.15) is 0 Å². The Morgan fingerprint density at radius 3 is 0.926 bits per heavy atom. The summed E-state index contributed by atoms with van der Waals surface area (Å²) in [7, 11) is 0. The molecule has 0 saturated carbocycles. The number of benzene rings is 27. The highest BCUT2D eigenvalue weighted by Crippen LogP contribution is 2.45. The third kappa shape index (κ3) is 13.2. The zero-order valence-corrected chi connectivity index (χ0v) is 69.2. The lowest BCUT2D eigenvalue weighted by molar-refractivity contribution is 1.51. The lowest BCUT2D eigenvalue weighted by atomic mass is 9.89. The van der Waals surface area contributed by atoms with Crippen LogP contribution in [0.3, 0.4) is 0 Å². The van der Waals surface area contributed by atoms with Gasteiger partial charge >= 0.3 is 0 Å². The highest BCUT2D eigenvalue weighted by molar-refractivity contribution is 6.35. The molecule has 0 aliphatic rings. The molecule has 27 rings (SSSR count). The summed E-state index contributed by atoms with van der Waals surface area (Å²) in [5.74, 6) is 0. The van der Waals surface area contributed by atoms with Crippen LogP contribution in [0.2, 0.25) is 0 Å². The van der Waals surface area contributed by atoms with E-state index < -0.39 is 0 Å². The van der Waals surface area contributed by atoms with Crippen molar-refractivity contribution in [2.45, 2.75) is 48.5 Å². The summed E-state index contributed by atoms with van der Waals surface area (Å²) in [5, 5.41) is 54.4. The normalized spacial score (nSPS) is 11.6. The molecule has 0 N–H and O–H groups in total. The van der Waals surface area contributed by atoms with E-state index in [1.54, 1.807) is 0 Å². The van der Waals surface area contributed by atoms with Crippen LogP contribution in [-0.2, 0) is 0 Å². The molecule has 0 nitrogen and oxygen atoms in total. The molecule has 0 saturated heterocycles. The van der Waals surface area contributed by atoms with Crippen molar-refractivity contribution in [2.24, 2.45) is 0 Å². The molecule has 0 fully saturated rings. The number of aryl methyl sites for hydroxylation is 7. The first kappa shape index (κ1) is 73.8. The van der Waals surface area contributed by atoms with E-state index in [1.165, 1.54) is 254 Å². The molecule has 27 aromatic rings. The average molecular weight is 1540 g/mol. The van der Waals surface area contributed by atoms with E-state index in [1.807, 2.05) is 0 Å². The first-order valence-corrected chi connectivity index (χ1v) is 42.4. The van der Waals surface area contributed by atoms with E-state index in [2.05, 4.69) is 455 Å². The van der Waals surface area contributed by atoms with Gasteiger partial charge in [0.2, 0.25) is 0 Å². The number of fused-ring (bicyclic) bond motifs is 11. The average Bonchev–Trinajstić information content (AvgIpc) is 0.722. The Labute approximate surface area is 704 Å². The minimum Gasteiger partial charge on any atom is -0.0616 e. The van der Waals surface area contributed by atoms with Crippen LogP contribution in [-0.4, -0.2) is 0 Å². The smallest absolute Gasteiger partial charge is 0.00237 e. The number of hydrogen-bond donors (Lipinski definition) is 0. The van der Waals surface area contributed by atoms with Crippen molar-refractivity contribution in [1.82, 2.24) is 0 Å². The monoisotopic (exact) mass is 1540 g/mol. The molecule has 0 aliphatic carbocycles. The Hall–Kier alpha value is -14.8. The summed E-state index contributed by atoms with van der Waals surface area (Å²) in [6.07, 6.45) is 0. The van der Waals surface area contributed by atoms with E-state index in [-0.39, 0.29) is 0 Å². The van der Waals surface area contributed by atoms with E-state index in [4.69, 9.17) is 0 Å². The zero-order valence-electron chi connectivity index (χ0n) is 69.2. The van der Waals surface area contributed by atoms with Gasteiger partial charge in [-0.3, -0.25) is 0 Å². The fraction of sp³-hybridized carbons (Fsp3) is 0.0579. The van der Waals surface area contributed by atoms with Gasteiger partial charge in [-0.15, -0.1) is 0 Å². The van der Waals surface area contributed by atoms with Gasteiger partial charge in [-0.2, -0.15) is 0 Å². The first-order valence-electron chi connectivity index (χ1n) is 42.4. The van der Waals surface area contributed by atoms with Crippen LogP contribution in [0.25, 0.3) is 215 Å². The quantitative estimate of drug-likeness (QED) is 0.105. The highest BCUT2D eigenvalue weighted by atomic mass is 14.2. The van der Waals surface area contributed by atoms with E-state index >= 15 is 0 Å². The maximum absolute atomic E-state index is 2.33. The third-order valence-corrected chi connectivity index (χ3v) is 25.6. The molecule has 0 aromatic heterocycles. The van der Waals surface area contributed by atoms with Crippen molar-refractivity contribution in [1.29, 1.82) is 0 Å². The topological polar surface area (TPSA) is 0 Å². The summed E-state index contributed by atoms with van der Waals surface area (Å²) in [6.45, 7) is 15.2. The molecule has 27 aromatic carbocycles. The van der Waals surface area contributed by atoms with E-state index in [9.17, 15) is 0 Å². The van der Waals surface area contributed by atoms with E-state index in [0.717, 1.165) is 0 Å². The van der Waals surface area contributed by atoms with Gasteiger partial charge < -0.3 is 0 Å². The second-order valence-corrected chi connectivity index (χ2v) is 33.3. The van der Waals surface area contributed by atoms with Gasteiger partial charge in [0.25, 0.3) is 0 Å².